The second-order valence-electron chi connectivity index (χ2n) is 9.56. The molecule has 0 saturated carbocycles. The van der Waals surface area contributed by atoms with E-state index in [0.717, 1.165) is 16.5 Å². The highest BCUT2D eigenvalue weighted by Gasteiger charge is 2.43. The number of carbonyl (C=O) groups is 2. The van der Waals surface area contributed by atoms with Crippen molar-refractivity contribution < 1.29 is 24.2 Å². The van der Waals surface area contributed by atoms with E-state index < -0.39 is 29.8 Å². The molecule has 1 amide bonds. The molecule has 9 heteroatoms. The van der Waals surface area contributed by atoms with Gasteiger partial charge in [-0.05, 0) is 32.9 Å². The molecule has 1 saturated heterocycles. The minimum atomic E-state index is -1.10. The average Bonchev–Trinajstić information content (AvgIpc) is 3.41. The number of carboxylic acid groups (broad SMARTS) is 1. The van der Waals surface area contributed by atoms with Crippen LogP contribution in [-0.2, 0) is 9.53 Å². The summed E-state index contributed by atoms with van der Waals surface area (Å²) in [4.78, 5) is 30.7. The van der Waals surface area contributed by atoms with Crippen molar-refractivity contribution in [1.82, 2.24) is 19.5 Å². The Labute approximate surface area is 201 Å². The fraction of sp³-hybridized carbons (Fsp3) is 0.308. The van der Waals surface area contributed by atoms with Gasteiger partial charge in [-0.1, -0.05) is 42.5 Å². The van der Waals surface area contributed by atoms with Crippen LogP contribution >= 0.6 is 0 Å². The number of amides is 1. The highest BCUT2D eigenvalue weighted by Crippen LogP contribution is 2.31. The van der Waals surface area contributed by atoms with Gasteiger partial charge in [0, 0.05) is 23.4 Å². The van der Waals surface area contributed by atoms with Crippen molar-refractivity contribution in [3.63, 3.8) is 0 Å². The fourth-order valence-electron chi connectivity index (χ4n) is 4.26. The maximum absolute atomic E-state index is 12.7. The van der Waals surface area contributed by atoms with Crippen LogP contribution in [0.25, 0.3) is 27.8 Å². The van der Waals surface area contributed by atoms with Crippen molar-refractivity contribution in [2.24, 2.45) is 0 Å². The first-order chi connectivity index (χ1) is 16.7. The third-order valence-corrected chi connectivity index (χ3v) is 5.78. The maximum atomic E-state index is 12.7. The Morgan fingerprint density at radius 2 is 1.77 bits per heavy atom. The van der Waals surface area contributed by atoms with Crippen molar-refractivity contribution in [3.05, 3.63) is 60.7 Å². The largest absolute Gasteiger partial charge is 0.480 e. The van der Waals surface area contributed by atoms with Gasteiger partial charge in [-0.15, -0.1) is 0 Å². The summed E-state index contributed by atoms with van der Waals surface area (Å²) in [6.45, 7) is 5.31. The molecule has 2 aromatic heterocycles. The summed E-state index contributed by atoms with van der Waals surface area (Å²) < 4.78 is 13.4. The van der Waals surface area contributed by atoms with Gasteiger partial charge < -0.3 is 14.6 Å². The lowest BCUT2D eigenvalue weighted by Crippen LogP contribution is -2.43. The van der Waals surface area contributed by atoms with E-state index in [9.17, 15) is 14.7 Å². The zero-order valence-electron chi connectivity index (χ0n) is 19.7. The van der Waals surface area contributed by atoms with Gasteiger partial charge in [-0.3, -0.25) is 4.90 Å². The second kappa shape index (κ2) is 8.57. The van der Waals surface area contributed by atoms with E-state index in [1.54, 1.807) is 31.4 Å². The normalized spacial score (nSPS) is 18.2. The van der Waals surface area contributed by atoms with Gasteiger partial charge in [0.2, 0.25) is 5.88 Å². The van der Waals surface area contributed by atoms with Gasteiger partial charge in [0.05, 0.1) is 17.8 Å². The monoisotopic (exact) mass is 474 g/mol. The average molecular weight is 475 g/mol. The second-order valence-corrected chi connectivity index (χ2v) is 9.56. The lowest BCUT2D eigenvalue weighted by atomic mass is 10.1. The minimum absolute atomic E-state index is 0.0805. The van der Waals surface area contributed by atoms with E-state index in [2.05, 4.69) is 5.10 Å². The molecule has 1 unspecified atom stereocenters. The summed E-state index contributed by atoms with van der Waals surface area (Å²) in [6.07, 6.45) is -1.12. The highest BCUT2D eigenvalue weighted by atomic mass is 16.6. The molecule has 180 valence electrons. The molecular formula is C26H26N4O5. The van der Waals surface area contributed by atoms with Crippen LogP contribution in [0.3, 0.4) is 0 Å². The molecule has 4 aromatic rings. The Morgan fingerprint density at radius 3 is 2.49 bits per heavy atom. The van der Waals surface area contributed by atoms with Gasteiger partial charge in [0.15, 0.2) is 5.65 Å². The quantitative estimate of drug-likeness (QED) is 0.467. The van der Waals surface area contributed by atoms with Gasteiger partial charge in [0.25, 0.3) is 0 Å². The molecule has 0 bridgehead atoms. The SMILES string of the molecule is CC(C)(C)OC(=O)N1C[C@H](Oc2cc(-c3ccccc3)nc3c4ccccc4nn23)CC1C(=O)O. The highest BCUT2D eigenvalue weighted by molar-refractivity contribution is 5.93. The predicted molar refractivity (Wildman–Crippen MR) is 129 cm³/mol. The molecule has 0 spiro atoms. The van der Waals surface area contributed by atoms with Crippen molar-refractivity contribution in [2.75, 3.05) is 6.54 Å². The number of ether oxygens (including phenoxy) is 2. The number of fused-ring (bicyclic) bond motifs is 3. The third-order valence-electron chi connectivity index (χ3n) is 5.78. The van der Waals surface area contributed by atoms with E-state index in [1.165, 1.54) is 4.90 Å². The summed E-state index contributed by atoms with van der Waals surface area (Å²) in [6, 6.07) is 18.1. The van der Waals surface area contributed by atoms with E-state index in [-0.39, 0.29) is 13.0 Å². The van der Waals surface area contributed by atoms with Crippen LogP contribution < -0.4 is 4.74 Å². The van der Waals surface area contributed by atoms with Crippen LogP contribution in [-0.4, -0.2) is 61.0 Å². The summed E-state index contributed by atoms with van der Waals surface area (Å²) in [5.41, 5.74) is 2.27. The van der Waals surface area contributed by atoms with Crippen LogP contribution in [0.4, 0.5) is 4.79 Å². The molecule has 3 heterocycles. The molecule has 1 aliphatic heterocycles. The molecule has 2 atom stereocenters. The lowest BCUT2D eigenvalue weighted by molar-refractivity contribution is -0.142. The summed E-state index contributed by atoms with van der Waals surface area (Å²) >= 11 is 0. The van der Waals surface area contributed by atoms with Crippen molar-refractivity contribution in [1.29, 1.82) is 0 Å². The molecule has 1 N–H and O–H groups in total. The molecule has 5 rings (SSSR count). The van der Waals surface area contributed by atoms with Crippen LogP contribution in [0, 0.1) is 0 Å². The van der Waals surface area contributed by atoms with Gasteiger partial charge in [-0.25, -0.2) is 14.6 Å². The van der Waals surface area contributed by atoms with E-state index in [1.807, 2.05) is 54.6 Å². The number of hydrogen-bond acceptors (Lipinski definition) is 6. The third kappa shape index (κ3) is 4.49. The molecule has 9 nitrogen and oxygen atoms in total. The summed E-state index contributed by atoms with van der Waals surface area (Å²) in [7, 11) is 0. The number of benzene rings is 2. The number of carboxylic acids is 1. The molecule has 35 heavy (non-hydrogen) atoms. The summed E-state index contributed by atoms with van der Waals surface area (Å²) in [5, 5.41) is 15.3. The maximum Gasteiger partial charge on any atom is 0.411 e. The number of nitrogens with zero attached hydrogens (tertiary/aromatic N) is 4. The van der Waals surface area contributed by atoms with E-state index in [0.29, 0.717) is 17.2 Å². The minimum Gasteiger partial charge on any atom is -0.480 e. The zero-order valence-corrected chi connectivity index (χ0v) is 19.7. The van der Waals surface area contributed by atoms with Crippen LogP contribution in [0.2, 0.25) is 0 Å². The fourth-order valence-corrected chi connectivity index (χ4v) is 4.26. The zero-order chi connectivity index (χ0) is 24.7. The van der Waals surface area contributed by atoms with Gasteiger partial charge >= 0.3 is 12.1 Å². The molecule has 0 aliphatic carbocycles. The number of likely N-dealkylation sites (tertiary alicyclic amines) is 1. The van der Waals surface area contributed by atoms with Crippen molar-refractivity contribution in [3.8, 4) is 17.1 Å². The number of rotatable bonds is 4. The van der Waals surface area contributed by atoms with Gasteiger partial charge in [0.1, 0.15) is 17.7 Å². The van der Waals surface area contributed by atoms with Crippen LogP contribution in [0.5, 0.6) is 5.88 Å². The molecule has 2 aromatic carbocycles. The van der Waals surface area contributed by atoms with Crippen molar-refractivity contribution in [2.45, 2.75) is 44.9 Å². The van der Waals surface area contributed by atoms with E-state index in [4.69, 9.17) is 14.5 Å². The van der Waals surface area contributed by atoms with Gasteiger partial charge in [-0.2, -0.15) is 9.61 Å². The molecule has 0 radical (unpaired) electrons. The Balaban J connectivity index is 1.53. The van der Waals surface area contributed by atoms with Crippen LogP contribution in [0.1, 0.15) is 27.2 Å². The lowest BCUT2D eigenvalue weighted by Gasteiger charge is -2.26. The molecule has 1 fully saturated rings. The Morgan fingerprint density at radius 1 is 1.06 bits per heavy atom. The summed E-state index contributed by atoms with van der Waals surface area (Å²) in [5.74, 6) is -0.679. The first-order valence-corrected chi connectivity index (χ1v) is 11.4. The van der Waals surface area contributed by atoms with Crippen LogP contribution in [0.15, 0.2) is 60.7 Å². The number of aliphatic carboxylic acids is 1. The number of carbonyl (C=O) groups excluding carboxylic acids is 1. The first-order valence-electron chi connectivity index (χ1n) is 11.4. The smallest absolute Gasteiger partial charge is 0.411 e. The first kappa shape index (κ1) is 22.6. The molecular weight excluding hydrogens is 448 g/mol. The predicted octanol–water partition coefficient (Wildman–Crippen LogP) is 4.39. The Kier molecular flexibility index (Phi) is 5.55. The number of hydrogen-bond donors (Lipinski definition) is 1. The topological polar surface area (TPSA) is 106 Å². The molecule has 1 aliphatic rings. The standard InChI is InChI=1S/C26H26N4O5/c1-26(2,3)35-25(33)29-15-17(13-21(29)24(31)32)34-22-14-20(16-9-5-4-6-10-16)27-23-18-11-7-8-12-19(18)28-30(22)23/h4-12,14,17,21H,13,15H2,1-3H3,(H,31,32)/t17-,21?/m1/s1. The number of aromatic nitrogens is 3. The van der Waals surface area contributed by atoms with E-state index >= 15 is 0 Å². The van der Waals surface area contributed by atoms with Crippen molar-refractivity contribution >= 4 is 28.6 Å². The Bertz CT molecular complexity index is 1410. The Hall–Kier alpha value is -4.14.